The maximum atomic E-state index is 10.6. The molecule has 2 heteroatoms. The van der Waals surface area contributed by atoms with Crippen LogP contribution in [0.15, 0.2) is 24.8 Å². The Morgan fingerprint density at radius 3 is 2.69 bits per heavy atom. The van der Waals surface area contributed by atoms with E-state index in [2.05, 4.69) is 19.6 Å². The molecule has 16 heavy (non-hydrogen) atoms. The van der Waals surface area contributed by atoms with Gasteiger partial charge in [-0.2, -0.15) is 0 Å². The SMILES string of the molecule is C=CC=CCCCCCC(CC)CC(=O)O. The van der Waals surface area contributed by atoms with Gasteiger partial charge in [-0.05, 0) is 25.2 Å². The average Bonchev–Trinajstić information content (AvgIpc) is 2.25. The third-order valence-electron chi connectivity index (χ3n) is 2.80. The summed E-state index contributed by atoms with van der Waals surface area (Å²) in [6.45, 7) is 5.68. The van der Waals surface area contributed by atoms with Crippen LogP contribution in [0.2, 0.25) is 0 Å². The molecule has 0 rings (SSSR count). The second kappa shape index (κ2) is 10.5. The van der Waals surface area contributed by atoms with E-state index in [1.165, 1.54) is 12.8 Å². The normalized spacial score (nSPS) is 12.8. The minimum atomic E-state index is -0.666. The number of allylic oxidation sites excluding steroid dienone is 3. The summed E-state index contributed by atoms with van der Waals surface area (Å²) in [6.07, 6.45) is 12.9. The minimum absolute atomic E-state index is 0.326. The van der Waals surface area contributed by atoms with Crippen molar-refractivity contribution in [2.45, 2.75) is 51.9 Å². The van der Waals surface area contributed by atoms with Crippen molar-refractivity contribution >= 4 is 5.97 Å². The van der Waals surface area contributed by atoms with Gasteiger partial charge < -0.3 is 5.11 Å². The van der Waals surface area contributed by atoms with Crippen LogP contribution in [-0.4, -0.2) is 11.1 Å². The molecule has 0 radical (unpaired) electrons. The van der Waals surface area contributed by atoms with Crippen LogP contribution in [0.3, 0.4) is 0 Å². The van der Waals surface area contributed by atoms with E-state index in [1.54, 1.807) is 6.08 Å². The lowest BCUT2D eigenvalue weighted by Crippen LogP contribution is -2.06. The summed E-state index contributed by atoms with van der Waals surface area (Å²) >= 11 is 0. The quantitative estimate of drug-likeness (QED) is 0.446. The molecule has 92 valence electrons. The summed E-state index contributed by atoms with van der Waals surface area (Å²) < 4.78 is 0. The van der Waals surface area contributed by atoms with Gasteiger partial charge in [0, 0.05) is 6.42 Å². The standard InChI is InChI=1S/C14H24O2/c1-3-5-6-7-8-9-10-11-13(4-2)12-14(15)16/h3,5-6,13H,1,4,7-12H2,2H3,(H,15,16). The van der Waals surface area contributed by atoms with E-state index in [9.17, 15) is 4.79 Å². The van der Waals surface area contributed by atoms with Crippen LogP contribution in [0.1, 0.15) is 51.9 Å². The summed E-state index contributed by atoms with van der Waals surface area (Å²) in [5.74, 6) is -0.304. The molecule has 0 fully saturated rings. The third-order valence-corrected chi connectivity index (χ3v) is 2.80. The van der Waals surface area contributed by atoms with E-state index in [-0.39, 0.29) is 0 Å². The first-order chi connectivity index (χ1) is 7.70. The van der Waals surface area contributed by atoms with Crippen molar-refractivity contribution in [2.24, 2.45) is 5.92 Å². The fourth-order valence-corrected chi connectivity index (χ4v) is 1.76. The molecule has 0 aliphatic carbocycles. The number of hydrogen-bond acceptors (Lipinski definition) is 1. The van der Waals surface area contributed by atoms with Crippen LogP contribution in [0, 0.1) is 5.92 Å². The number of rotatable bonds is 10. The third kappa shape index (κ3) is 9.50. The first kappa shape index (κ1) is 14.9. The van der Waals surface area contributed by atoms with Crippen molar-refractivity contribution in [1.82, 2.24) is 0 Å². The highest BCUT2D eigenvalue weighted by Gasteiger charge is 2.10. The molecule has 0 amide bonds. The number of carboxylic acid groups (broad SMARTS) is 1. The van der Waals surface area contributed by atoms with Crippen LogP contribution in [-0.2, 0) is 4.79 Å². The van der Waals surface area contributed by atoms with Crippen LogP contribution < -0.4 is 0 Å². The van der Waals surface area contributed by atoms with Crippen LogP contribution in [0.4, 0.5) is 0 Å². The predicted molar refractivity (Wildman–Crippen MR) is 68.5 cm³/mol. The number of aliphatic carboxylic acids is 1. The maximum Gasteiger partial charge on any atom is 0.303 e. The zero-order chi connectivity index (χ0) is 12.2. The first-order valence-electron chi connectivity index (χ1n) is 6.20. The van der Waals surface area contributed by atoms with Gasteiger partial charge in [0.2, 0.25) is 0 Å². The molecule has 0 aromatic rings. The average molecular weight is 224 g/mol. The molecule has 0 aliphatic rings. The molecule has 1 atom stereocenters. The Labute approximate surface area is 99.1 Å². The minimum Gasteiger partial charge on any atom is -0.481 e. The van der Waals surface area contributed by atoms with Crippen molar-refractivity contribution in [1.29, 1.82) is 0 Å². The molecular weight excluding hydrogens is 200 g/mol. The molecule has 0 aromatic heterocycles. The summed E-state index contributed by atoms with van der Waals surface area (Å²) in [6, 6.07) is 0. The Hall–Kier alpha value is -1.05. The first-order valence-corrected chi connectivity index (χ1v) is 6.20. The van der Waals surface area contributed by atoms with E-state index in [4.69, 9.17) is 5.11 Å². The molecule has 0 aromatic carbocycles. The van der Waals surface area contributed by atoms with Crippen molar-refractivity contribution in [3.8, 4) is 0 Å². The fraction of sp³-hybridized carbons (Fsp3) is 0.643. The van der Waals surface area contributed by atoms with E-state index in [0.717, 1.165) is 25.7 Å². The van der Waals surface area contributed by atoms with E-state index < -0.39 is 5.97 Å². The zero-order valence-corrected chi connectivity index (χ0v) is 10.3. The van der Waals surface area contributed by atoms with E-state index in [1.807, 2.05) is 6.08 Å². The second-order valence-corrected chi connectivity index (χ2v) is 4.17. The highest BCUT2D eigenvalue weighted by Crippen LogP contribution is 2.17. The maximum absolute atomic E-state index is 10.6. The number of carbonyl (C=O) groups is 1. The molecule has 1 unspecified atom stereocenters. The van der Waals surface area contributed by atoms with Crippen molar-refractivity contribution in [3.63, 3.8) is 0 Å². The molecule has 0 saturated heterocycles. The lowest BCUT2D eigenvalue weighted by molar-refractivity contribution is -0.138. The van der Waals surface area contributed by atoms with E-state index >= 15 is 0 Å². The van der Waals surface area contributed by atoms with Gasteiger partial charge in [0.15, 0.2) is 0 Å². The molecule has 2 nitrogen and oxygen atoms in total. The van der Waals surface area contributed by atoms with Gasteiger partial charge in [-0.3, -0.25) is 4.79 Å². The van der Waals surface area contributed by atoms with Gasteiger partial charge in [0.1, 0.15) is 0 Å². The monoisotopic (exact) mass is 224 g/mol. The van der Waals surface area contributed by atoms with Gasteiger partial charge in [0.05, 0.1) is 0 Å². The predicted octanol–water partition coefficient (Wildman–Crippen LogP) is 4.18. The Morgan fingerprint density at radius 1 is 1.38 bits per heavy atom. The van der Waals surface area contributed by atoms with Gasteiger partial charge in [0.25, 0.3) is 0 Å². The number of carboxylic acids is 1. The van der Waals surface area contributed by atoms with E-state index in [0.29, 0.717) is 12.3 Å². The smallest absolute Gasteiger partial charge is 0.303 e. The van der Waals surface area contributed by atoms with Crippen LogP contribution >= 0.6 is 0 Å². The van der Waals surface area contributed by atoms with Gasteiger partial charge >= 0.3 is 5.97 Å². The second-order valence-electron chi connectivity index (χ2n) is 4.17. The molecule has 0 heterocycles. The topological polar surface area (TPSA) is 37.3 Å². The Kier molecular flexibility index (Phi) is 9.78. The highest BCUT2D eigenvalue weighted by atomic mass is 16.4. The summed E-state index contributed by atoms with van der Waals surface area (Å²) in [4.78, 5) is 10.6. The summed E-state index contributed by atoms with van der Waals surface area (Å²) in [5.41, 5.74) is 0. The number of hydrogen-bond donors (Lipinski definition) is 1. The zero-order valence-electron chi connectivity index (χ0n) is 10.3. The molecule has 0 spiro atoms. The molecule has 0 saturated carbocycles. The van der Waals surface area contributed by atoms with Crippen molar-refractivity contribution < 1.29 is 9.90 Å². The largest absolute Gasteiger partial charge is 0.481 e. The lowest BCUT2D eigenvalue weighted by atomic mass is 9.95. The van der Waals surface area contributed by atoms with Crippen molar-refractivity contribution in [2.75, 3.05) is 0 Å². The molecule has 0 aliphatic heterocycles. The highest BCUT2D eigenvalue weighted by molar-refractivity contribution is 5.66. The Bertz CT molecular complexity index is 219. The Balaban J connectivity index is 3.44. The summed E-state index contributed by atoms with van der Waals surface area (Å²) in [5, 5.41) is 8.70. The van der Waals surface area contributed by atoms with Gasteiger partial charge in [-0.25, -0.2) is 0 Å². The van der Waals surface area contributed by atoms with Crippen molar-refractivity contribution in [3.05, 3.63) is 24.8 Å². The number of unbranched alkanes of at least 4 members (excludes halogenated alkanes) is 3. The lowest BCUT2D eigenvalue weighted by Gasteiger charge is -2.11. The van der Waals surface area contributed by atoms with Gasteiger partial charge in [-0.15, -0.1) is 0 Å². The van der Waals surface area contributed by atoms with Gasteiger partial charge in [-0.1, -0.05) is 51.0 Å². The van der Waals surface area contributed by atoms with Crippen LogP contribution in [0.25, 0.3) is 0 Å². The Morgan fingerprint density at radius 2 is 2.12 bits per heavy atom. The molecular formula is C14H24O2. The van der Waals surface area contributed by atoms with Crippen LogP contribution in [0.5, 0.6) is 0 Å². The summed E-state index contributed by atoms with van der Waals surface area (Å²) in [7, 11) is 0. The molecule has 1 N–H and O–H groups in total. The fourth-order valence-electron chi connectivity index (χ4n) is 1.76. The molecule has 0 bridgehead atoms.